The number of carbonyl (C=O) groups is 4. The summed E-state index contributed by atoms with van der Waals surface area (Å²) in [6, 6.07) is 3.75. The van der Waals surface area contributed by atoms with E-state index in [1.165, 1.54) is 36.8 Å². The van der Waals surface area contributed by atoms with Crippen LogP contribution < -0.4 is 20.1 Å². The monoisotopic (exact) mass is 766 g/mol. The summed E-state index contributed by atoms with van der Waals surface area (Å²) in [5.41, 5.74) is 1.46. The predicted octanol–water partition coefficient (Wildman–Crippen LogP) is 3.29. The van der Waals surface area contributed by atoms with E-state index in [1.807, 2.05) is 4.72 Å². The van der Waals surface area contributed by atoms with Crippen molar-refractivity contribution in [3.8, 4) is 5.88 Å². The highest BCUT2D eigenvalue weighted by atomic mass is 32.2. The van der Waals surface area contributed by atoms with Crippen LogP contribution in [-0.2, 0) is 24.4 Å². The van der Waals surface area contributed by atoms with Gasteiger partial charge in [0.25, 0.3) is 11.8 Å². The number of nitrogens with zero attached hydrogens (tertiary/aromatic N) is 4. The molecule has 290 valence electrons. The minimum absolute atomic E-state index is 0.00115. The summed E-state index contributed by atoms with van der Waals surface area (Å²) < 4.78 is 47.0. The molecule has 3 aromatic rings. The lowest BCUT2D eigenvalue weighted by molar-refractivity contribution is -0.140. The number of hydrogen-bond donors (Lipinski definition) is 4. The minimum Gasteiger partial charge on any atom is -0.471 e. The number of sulfonamides is 1. The summed E-state index contributed by atoms with van der Waals surface area (Å²) in [6.07, 6.45) is 10.4. The zero-order chi connectivity index (χ0) is 38.6. The number of aryl methyl sites for hydroxylation is 2. The first-order valence-electron chi connectivity index (χ1n) is 18.5. The quantitative estimate of drug-likeness (QED) is 0.117. The van der Waals surface area contributed by atoms with Crippen LogP contribution in [0.1, 0.15) is 93.0 Å². The summed E-state index contributed by atoms with van der Waals surface area (Å²) in [4.78, 5) is 64.1. The van der Waals surface area contributed by atoms with Crippen molar-refractivity contribution in [2.24, 2.45) is 5.92 Å². The van der Waals surface area contributed by atoms with Gasteiger partial charge in [-0.25, -0.2) is 22.8 Å². The average Bonchev–Trinajstić information content (AvgIpc) is 4.02. The van der Waals surface area contributed by atoms with Crippen molar-refractivity contribution in [1.29, 1.82) is 0 Å². The SMILES string of the molecule is Cc1cc(C(=O)N[C@@H](CCCCCC=CC2CC2)C(=O)N2C[C@H](Oc3nc4c(F)cccc4nc3C)C[C@H]2C(=O)NCC(=O)NS(=O)(=O)C2(C)CC2)n[nH]1. The Morgan fingerprint density at radius 1 is 1.13 bits per heavy atom. The molecule has 4 N–H and O–H groups in total. The van der Waals surface area contributed by atoms with Crippen LogP contribution in [0.15, 0.2) is 36.4 Å². The lowest BCUT2D eigenvalue weighted by atomic mass is 10.0. The molecule has 2 saturated carbocycles. The van der Waals surface area contributed by atoms with Gasteiger partial charge in [0.05, 0.1) is 23.4 Å². The molecule has 3 atom stereocenters. The van der Waals surface area contributed by atoms with Gasteiger partial charge < -0.3 is 20.3 Å². The molecule has 1 aromatic carbocycles. The van der Waals surface area contributed by atoms with E-state index in [2.05, 4.69) is 43.0 Å². The van der Waals surface area contributed by atoms with E-state index >= 15 is 0 Å². The van der Waals surface area contributed by atoms with Crippen molar-refractivity contribution in [2.45, 2.75) is 108 Å². The van der Waals surface area contributed by atoms with Crippen molar-refractivity contribution in [3.63, 3.8) is 0 Å². The highest BCUT2D eigenvalue weighted by Crippen LogP contribution is 2.42. The molecule has 2 aromatic heterocycles. The summed E-state index contributed by atoms with van der Waals surface area (Å²) in [5.74, 6) is -2.62. The van der Waals surface area contributed by atoms with E-state index in [0.29, 0.717) is 42.1 Å². The second kappa shape index (κ2) is 16.2. The van der Waals surface area contributed by atoms with Crippen LogP contribution in [0.5, 0.6) is 5.88 Å². The molecule has 0 spiro atoms. The summed E-state index contributed by atoms with van der Waals surface area (Å²) >= 11 is 0. The van der Waals surface area contributed by atoms with E-state index in [4.69, 9.17) is 4.74 Å². The molecule has 1 saturated heterocycles. The van der Waals surface area contributed by atoms with Gasteiger partial charge in [-0.05, 0) is 89.8 Å². The van der Waals surface area contributed by atoms with E-state index in [-0.39, 0.29) is 36.5 Å². The number of unbranched alkanes of at least 4 members (excludes halogenated alkanes) is 3. The summed E-state index contributed by atoms with van der Waals surface area (Å²) in [7, 11) is -3.93. The molecule has 3 aliphatic rings. The molecule has 0 radical (unpaired) electrons. The summed E-state index contributed by atoms with van der Waals surface area (Å²) in [6.45, 7) is 4.17. The summed E-state index contributed by atoms with van der Waals surface area (Å²) in [5, 5.41) is 12.0. The Balaban J connectivity index is 1.19. The molecule has 15 nitrogen and oxygen atoms in total. The number of rotatable bonds is 17. The Bertz CT molecular complexity index is 2050. The number of benzene rings is 1. The second-order valence-corrected chi connectivity index (χ2v) is 17.0. The smallest absolute Gasteiger partial charge is 0.272 e. The van der Waals surface area contributed by atoms with Gasteiger partial charge in [-0.2, -0.15) is 5.10 Å². The van der Waals surface area contributed by atoms with Crippen molar-refractivity contribution in [1.82, 2.24) is 40.4 Å². The maximum absolute atomic E-state index is 14.6. The van der Waals surface area contributed by atoms with Crippen LogP contribution >= 0.6 is 0 Å². The van der Waals surface area contributed by atoms with E-state index in [9.17, 15) is 32.0 Å². The second-order valence-electron chi connectivity index (χ2n) is 14.8. The van der Waals surface area contributed by atoms with Crippen LogP contribution in [0.4, 0.5) is 4.39 Å². The van der Waals surface area contributed by atoms with Crippen molar-refractivity contribution in [2.75, 3.05) is 13.1 Å². The topological polar surface area (TPSA) is 205 Å². The third-order valence-corrected chi connectivity index (χ3v) is 12.3. The Morgan fingerprint density at radius 2 is 1.91 bits per heavy atom. The van der Waals surface area contributed by atoms with Gasteiger partial charge in [0.15, 0.2) is 5.82 Å². The predicted molar refractivity (Wildman–Crippen MR) is 196 cm³/mol. The average molecular weight is 767 g/mol. The van der Waals surface area contributed by atoms with Gasteiger partial charge in [-0.15, -0.1) is 0 Å². The lowest BCUT2D eigenvalue weighted by Gasteiger charge is -2.28. The van der Waals surface area contributed by atoms with Crippen LogP contribution in [0, 0.1) is 25.6 Å². The minimum atomic E-state index is -3.93. The molecule has 1 aliphatic heterocycles. The first-order chi connectivity index (χ1) is 25.7. The van der Waals surface area contributed by atoms with Gasteiger partial charge in [0.2, 0.25) is 27.7 Å². The normalized spacial score (nSPS) is 19.8. The van der Waals surface area contributed by atoms with Crippen molar-refractivity contribution in [3.05, 3.63) is 59.3 Å². The number of allylic oxidation sites excluding steroid dienone is 2. The third-order valence-electron chi connectivity index (χ3n) is 10.1. The Hall–Kier alpha value is -4.93. The number of H-pyrrole nitrogens is 1. The zero-order valence-electron chi connectivity index (χ0n) is 30.7. The molecule has 6 rings (SSSR count). The molecule has 0 bridgehead atoms. The molecule has 0 unspecified atom stereocenters. The molecule has 2 aliphatic carbocycles. The Kier molecular flexibility index (Phi) is 11.6. The van der Waals surface area contributed by atoms with Crippen molar-refractivity contribution < 1.29 is 36.7 Å². The highest BCUT2D eigenvalue weighted by molar-refractivity contribution is 7.91. The van der Waals surface area contributed by atoms with E-state index in [0.717, 1.165) is 19.3 Å². The number of aromatic amines is 1. The Labute approximate surface area is 313 Å². The van der Waals surface area contributed by atoms with Crippen LogP contribution in [-0.4, -0.2) is 93.1 Å². The Morgan fingerprint density at radius 3 is 2.61 bits per heavy atom. The van der Waals surface area contributed by atoms with E-state index < -0.39 is 68.9 Å². The van der Waals surface area contributed by atoms with Gasteiger partial charge in [0, 0.05) is 12.1 Å². The fourth-order valence-corrected chi connectivity index (χ4v) is 7.65. The van der Waals surface area contributed by atoms with Gasteiger partial charge in [0.1, 0.15) is 35.1 Å². The van der Waals surface area contributed by atoms with Crippen LogP contribution in [0.2, 0.25) is 0 Å². The standard InChI is InChI=1S/C37H47FN8O7S/c1-22-18-29(44-43-22)33(48)41-28(12-8-6-4-5-7-10-24-14-15-24)36(50)46-21-25(53-35-23(2)40-27-13-9-11-26(38)32(27)42-35)19-30(46)34(49)39-20-31(47)45-54(51,52)37(3)16-17-37/h7,9-11,13,18,24-25,28,30H,4-6,8,12,14-17,19-21H2,1-3H3,(H,39,49)(H,41,48)(H,43,44)(H,45,47)/t25-,28+,30+/m1/s1. The largest absolute Gasteiger partial charge is 0.471 e. The lowest BCUT2D eigenvalue weighted by Crippen LogP contribution is -2.54. The third kappa shape index (κ3) is 9.40. The van der Waals surface area contributed by atoms with E-state index in [1.54, 1.807) is 26.0 Å². The molecule has 3 heterocycles. The number of likely N-dealkylation sites (tertiary alicyclic amines) is 1. The van der Waals surface area contributed by atoms with Gasteiger partial charge in [-0.3, -0.25) is 29.0 Å². The number of halogens is 1. The number of aromatic nitrogens is 4. The molecule has 3 fully saturated rings. The molecule has 17 heteroatoms. The van der Waals surface area contributed by atoms with Crippen LogP contribution in [0.3, 0.4) is 0 Å². The van der Waals surface area contributed by atoms with Gasteiger partial charge >= 0.3 is 0 Å². The van der Waals surface area contributed by atoms with Crippen LogP contribution in [0.25, 0.3) is 11.0 Å². The molecular formula is C37H47FN8O7S. The molecule has 54 heavy (non-hydrogen) atoms. The highest BCUT2D eigenvalue weighted by Gasteiger charge is 2.51. The molecular weight excluding hydrogens is 720 g/mol. The number of fused-ring (bicyclic) bond motifs is 1. The first-order valence-corrected chi connectivity index (χ1v) is 19.9. The first kappa shape index (κ1) is 38.8. The fraction of sp³-hybridized carbons (Fsp3) is 0.541. The number of ether oxygens (including phenoxy) is 1. The number of hydrogen-bond acceptors (Lipinski definition) is 10. The number of para-hydroxylation sites is 1. The fourth-order valence-electron chi connectivity index (χ4n) is 6.39. The maximum Gasteiger partial charge on any atom is 0.272 e. The number of carbonyl (C=O) groups excluding carboxylic acids is 4. The molecule has 4 amide bonds. The van der Waals surface area contributed by atoms with Gasteiger partial charge in [-0.1, -0.05) is 31.1 Å². The van der Waals surface area contributed by atoms with Crippen molar-refractivity contribution >= 4 is 44.7 Å². The maximum atomic E-state index is 14.6. The number of nitrogens with one attached hydrogen (secondary N) is 4. The number of amides is 4. The zero-order valence-corrected chi connectivity index (χ0v) is 31.5.